The van der Waals surface area contributed by atoms with Gasteiger partial charge in [-0.3, -0.25) is 4.72 Å². The molecular formula is C16H15BrN2O2S. The lowest BCUT2D eigenvalue weighted by Crippen LogP contribution is -2.13. The molecule has 0 radical (unpaired) electrons. The van der Waals surface area contributed by atoms with Crippen LogP contribution in [0.15, 0.2) is 52.0 Å². The molecule has 0 atom stereocenters. The molecular weight excluding hydrogens is 364 g/mol. The molecule has 1 aromatic heterocycles. The molecule has 0 amide bonds. The van der Waals surface area contributed by atoms with Gasteiger partial charge in [0, 0.05) is 16.1 Å². The normalized spacial score (nSPS) is 11.8. The third kappa shape index (κ3) is 2.64. The number of H-pyrrole nitrogens is 1. The lowest BCUT2D eigenvalue weighted by atomic mass is 10.1. The molecule has 0 saturated carbocycles. The monoisotopic (exact) mass is 378 g/mol. The van der Waals surface area contributed by atoms with Gasteiger partial charge in [0.2, 0.25) is 0 Å². The smallest absolute Gasteiger partial charge is 0.261 e. The Kier molecular flexibility index (Phi) is 3.74. The second kappa shape index (κ2) is 5.44. The number of sulfonamides is 1. The standard InChI is InChI=1S/C16H15BrN2O2S/c1-10-3-8-14(16-15(10)11(2)9-18-16)19-22(20,21)13-6-4-12(17)5-7-13/h3-9,18-19H,1-2H3. The first-order chi connectivity index (χ1) is 10.4. The van der Waals surface area contributed by atoms with Crippen molar-refractivity contribution in [2.45, 2.75) is 18.7 Å². The van der Waals surface area contributed by atoms with Crippen LogP contribution in [0.1, 0.15) is 11.1 Å². The lowest BCUT2D eigenvalue weighted by molar-refractivity contribution is 0.601. The van der Waals surface area contributed by atoms with Crippen molar-refractivity contribution in [1.29, 1.82) is 0 Å². The number of fused-ring (bicyclic) bond motifs is 1. The van der Waals surface area contributed by atoms with E-state index in [1.807, 2.05) is 26.1 Å². The van der Waals surface area contributed by atoms with Crippen molar-refractivity contribution >= 4 is 42.5 Å². The largest absolute Gasteiger partial charge is 0.359 e. The van der Waals surface area contributed by atoms with Gasteiger partial charge in [0.25, 0.3) is 10.0 Å². The molecule has 0 spiro atoms. The van der Waals surface area contributed by atoms with E-state index in [-0.39, 0.29) is 4.90 Å². The minimum atomic E-state index is -3.62. The van der Waals surface area contributed by atoms with Crippen LogP contribution in [0.5, 0.6) is 0 Å². The summed E-state index contributed by atoms with van der Waals surface area (Å²) in [5, 5.41) is 1.05. The van der Waals surface area contributed by atoms with E-state index in [1.54, 1.807) is 30.3 Å². The Bertz CT molecular complexity index is 944. The van der Waals surface area contributed by atoms with Gasteiger partial charge in [0.05, 0.1) is 16.1 Å². The summed E-state index contributed by atoms with van der Waals surface area (Å²) in [5.74, 6) is 0. The first-order valence-electron chi connectivity index (χ1n) is 6.74. The number of benzene rings is 2. The zero-order valence-electron chi connectivity index (χ0n) is 12.1. The molecule has 0 aliphatic carbocycles. The summed E-state index contributed by atoms with van der Waals surface area (Å²) in [6.45, 7) is 4.01. The van der Waals surface area contributed by atoms with Gasteiger partial charge in [-0.15, -0.1) is 0 Å². The minimum Gasteiger partial charge on any atom is -0.359 e. The van der Waals surface area contributed by atoms with E-state index >= 15 is 0 Å². The fourth-order valence-corrected chi connectivity index (χ4v) is 3.86. The third-order valence-electron chi connectivity index (χ3n) is 3.61. The van der Waals surface area contributed by atoms with Gasteiger partial charge in [-0.25, -0.2) is 8.42 Å². The molecule has 1 heterocycles. The van der Waals surface area contributed by atoms with Crippen LogP contribution >= 0.6 is 15.9 Å². The Morgan fingerprint density at radius 1 is 1.00 bits per heavy atom. The van der Waals surface area contributed by atoms with Crippen LogP contribution in [-0.2, 0) is 10.0 Å². The van der Waals surface area contributed by atoms with Gasteiger partial charge in [-0.1, -0.05) is 22.0 Å². The third-order valence-corrected chi connectivity index (χ3v) is 5.52. The van der Waals surface area contributed by atoms with Gasteiger partial charge in [0.15, 0.2) is 0 Å². The Morgan fingerprint density at radius 2 is 1.68 bits per heavy atom. The first-order valence-corrected chi connectivity index (χ1v) is 9.02. The second-order valence-electron chi connectivity index (χ2n) is 5.21. The molecule has 0 aliphatic heterocycles. The quantitative estimate of drug-likeness (QED) is 0.711. The highest BCUT2D eigenvalue weighted by atomic mass is 79.9. The summed E-state index contributed by atoms with van der Waals surface area (Å²) in [6, 6.07) is 10.2. The maximum absolute atomic E-state index is 12.5. The molecule has 2 aromatic carbocycles. The summed E-state index contributed by atoms with van der Waals surface area (Å²) in [6.07, 6.45) is 1.88. The van der Waals surface area contributed by atoms with Crippen molar-refractivity contribution in [3.05, 3.63) is 58.2 Å². The minimum absolute atomic E-state index is 0.229. The number of hydrogen-bond donors (Lipinski definition) is 2. The first kappa shape index (κ1) is 15.1. The SMILES string of the molecule is Cc1ccc(NS(=O)(=O)c2ccc(Br)cc2)c2[nH]cc(C)c12. The number of hydrogen-bond acceptors (Lipinski definition) is 2. The Hall–Kier alpha value is -1.79. The number of anilines is 1. The van der Waals surface area contributed by atoms with Crippen molar-refractivity contribution in [3.8, 4) is 0 Å². The van der Waals surface area contributed by atoms with Crippen LogP contribution in [-0.4, -0.2) is 13.4 Å². The van der Waals surface area contributed by atoms with Crippen LogP contribution in [0.4, 0.5) is 5.69 Å². The van der Waals surface area contributed by atoms with Crippen LogP contribution < -0.4 is 4.72 Å². The Morgan fingerprint density at radius 3 is 2.36 bits per heavy atom. The number of aromatic nitrogens is 1. The van der Waals surface area contributed by atoms with E-state index in [9.17, 15) is 8.42 Å². The summed E-state index contributed by atoms with van der Waals surface area (Å²) in [4.78, 5) is 3.38. The molecule has 2 N–H and O–H groups in total. The van der Waals surface area contributed by atoms with Crippen LogP contribution in [0.25, 0.3) is 10.9 Å². The van der Waals surface area contributed by atoms with Crippen molar-refractivity contribution in [1.82, 2.24) is 4.98 Å². The predicted octanol–water partition coefficient (Wildman–Crippen LogP) is 4.35. The van der Waals surface area contributed by atoms with Crippen molar-refractivity contribution in [3.63, 3.8) is 0 Å². The molecule has 4 nitrogen and oxygen atoms in total. The van der Waals surface area contributed by atoms with E-state index in [4.69, 9.17) is 0 Å². The van der Waals surface area contributed by atoms with E-state index < -0.39 is 10.0 Å². The van der Waals surface area contributed by atoms with Gasteiger partial charge in [-0.05, 0) is 55.3 Å². The van der Waals surface area contributed by atoms with E-state index in [1.165, 1.54) is 0 Å². The summed E-state index contributed by atoms with van der Waals surface area (Å²) in [5.41, 5.74) is 3.56. The summed E-state index contributed by atoms with van der Waals surface area (Å²) in [7, 11) is -3.62. The molecule has 3 aromatic rings. The lowest BCUT2D eigenvalue weighted by Gasteiger charge is -2.10. The van der Waals surface area contributed by atoms with Gasteiger partial charge in [0.1, 0.15) is 0 Å². The maximum atomic E-state index is 12.5. The van der Waals surface area contributed by atoms with Crippen molar-refractivity contribution < 1.29 is 8.42 Å². The fraction of sp³-hybridized carbons (Fsp3) is 0.125. The predicted molar refractivity (Wildman–Crippen MR) is 92.7 cm³/mol. The molecule has 0 fully saturated rings. The molecule has 3 rings (SSSR count). The average Bonchev–Trinajstić information content (AvgIpc) is 2.86. The van der Waals surface area contributed by atoms with Crippen LogP contribution in [0.3, 0.4) is 0 Å². The van der Waals surface area contributed by atoms with Gasteiger partial charge < -0.3 is 4.98 Å². The maximum Gasteiger partial charge on any atom is 0.261 e. The number of aryl methyl sites for hydroxylation is 2. The molecule has 0 saturated heterocycles. The highest BCUT2D eigenvalue weighted by molar-refractivity contribution is 9.10. The fourth-order valence-electron chi connectivity index (χ4n) is 2.52. The van der Waals surface area contributed by atoms with Gasteiger partial charge >= 0.3 is 0 Å². The molecule has 0 aliphatic rings. The summed E-state index contributed by atoms with van der Waals surface area (Å²) < 4.78 is 28.5. The molecule has 114 valence electrons. The number of rotatable bonds is 3. The van der Waals surface area contributed by atoms with Crippen LogP contribution in [0, 0.1) is 13.8 Å². The number of aromatic amines is 1. The van der Waals surface area contributed by atoms with Crippen molar-refractivity contribution in [2.75, 3.05) is 4.72 Å². The van der Waals surface area contributed by atoms with E-state index in [0.717, 1.165) is 26.5 Å². The van der Waals surface area contributed by atoms with Gasteiger partial charge in [-0.2, -0.15) is 0 Å². The molecule has 22 heavy (non-hydrogen) atoms. The molecule has 6 heteroatoms. The number of halogens is 1. The van der Waals surface area contributed by atoms with E-state index in [0.29, 0.717) is 5.69 Å². The Balaban J connectivity index is 2.06. The second-order valence-corrected chi connectivity index (χ2v) is 7.81. The number of nitrogens with one attached hydrogen (secondary N) is 2. The summed E-state index contributed by atoms with van der Waals surface area (Å²) >= 11 is 3.30. The zero-order valence-corrected chi connectivity index (χ0v) is 14.5. The van der Waals surface area contributed by atoms with Crippen LogP contribution in [0.2, 0.25) is 0 Å². The molecule has 0 bridgehead atoms. The highest BCUT2D eigenvalue weighted by Gasteiger charge is 2.17. The zero-order chi connectivity index (χ0) is 15.9. The van der Waals surface area contributed by atoms with E-state index in [2.05, 4.69) is 25.6 Å². The average molecular weight is 379 g/mol. The molecule has 0 unspecified atom stereocenters. The van der Waals surface area contributed by atoms with Crippen molar-refractivity contribution in [2.24, 2.45) is 0 Å². The topological polar surface area (TPSA) is 62.0 Å². The Labute approximate surface area is 137 Å². The highest BCUT2D eigenvalue weighted by Crippen LogP contribution is 2.29.